The third-order valence-corrected chi connectivity index (χ3v) is 3.39. The molecule has 0 amide bonds. The first-order valence-electron chi connectivity index (χ1n) is 6.24. The van der Waals surface area contributed by atoms with Crippen molar-refractivity contribution in [3.63, 3.8) is 0 Å². The molecule has 0 radical (unpaired) electrons. The van der Waals surface area contributed by atoms with E-state index in [4.69, 9.17) is 10.5 Å². The van der Waals surface area contributed by atoms with Gasteiger partial charge in [0.2, 0.25) is 0 Å². The van der Waals surface area contributed by atoms with Gasteiger partial charge in [-0.25, -0.2) is 0 Å². The van der Waals surface area contributed by atoms with Crippen LogP contribution in [0.5, 0.6) is 5.75 Å². The number of ether oxygens (including phenoxy) is 1. The minimum Gasteiger partial charge on any atom is -0.494 e. The topological polar surface area (TPSA) is 35.2 Å². The van der Waals surface area contributed by atoms with Crippen molar-refractivity contribution in [2.45, 2.75) is 45.6 Å². The van der Waals surface area contributed by atoms with Crippen LogP contribution in [0.1, 0.15) is 48.9 Å². The number of fused-ring (bicyclic) bond motifs is 1. The van der Waals surface area contributed by atoms with Gasteiger partial charge in [0, 0.05) is 6.04 Å². The summed E-state index contributed by atoms with van der Waals surface area (Å²) in [7, 11) is 0. The van der Waals surface area contributed by atoms with E-state index in [1.807, 2.05) is 6.92 Å². The Morgan fingerprint density at radius 1 is 1.38 bits per heavy atom. The molecule has 1 atom stereocenters. The van der Waals surface area contributed by atoms with E-state index in [0.29, 0.717) is 0 Å². The van der Waals surface area contributed by atoms with E-state index >= 15 is 0 Å². The van der Waals surface area contributed by atoms with Crippen molar-refractivity contribution in [3.05, 3.63) is 28.8 Å². The lowest BCUT2D eigenvalue weighted by molar-refractivity contribution is 0.336. The van der Waals surface area contributed by atoms with Crippen LogP contribution in [0.25, 0.3) is 0 Å². The molecule has 0 aliphatic heterocycles. The zero-order valence-corrected chi connectivity index (χ0v) is 10.3. The highest BCUT2D eigenvalue weighted by atomic mass is 16.5. The SMILES string of the molecule is CCOc1ccc(C)c2c1CCCC[C@H]2N. The predicted octanol–water partition coefficient (Wildman–Crippen LogP) is 3.12. The van der Waals surface area contributed by atoms with Crippen LogP contribution in [0.4, 0.5) is 0 Å². The molecular weight excluding hydrogens is 198 g/mol. The van der Waals surface area contributed by atoms with E-state index < -0.39 is 0 Å². The largest absolute Gasteiger partial charge is 0.494 e. The predicted molar refractivity (Wildman–Crippen MR) is 66.8 cm³/mol. The maximum Gasteiger partial charge on any atom is 0.122 e. The first-order valence-corrected chi connectivity index (χ1v) is 6.24. The summed E-state index contributed by atoms with van der Waals surface area (Å²) in [5.74, 6) is 1.04. The van der Waals surface area contributed by atoms with E-state index in [0.717, 1.165) is 25.2 Å². The van der Waals surface area contributed by atoms with Crippen molar-refractivity contribution >= 4 is 0 Å². The molecule has 0 heterocycles. The zero-order valence-electron chi connectivity index (χ0n) is 10.3. The number of benzene rings is 1. The Labute approximate surface area is 97.8 Å². The van der Waals surface area contributed by atoms with Crippen molar-refractivity contribution in [3.8, 4) is 5.75 Å². The molecule has 0 unspecified atom stereocenters. The third kappa shape index (κ3) is 2.07. The molecule has 0 saturated carbocycles. The normalized spacial score (nSPS) is 20.1. The molecule has 0 fully saturated rings. The van der Waals surface area contributed by atoms with Crippen molar-refractivity contribution in [2.75, 3.05) is 6.61 Å². The zero-order chi connectivity index (χ0) is 11.5. The Morgan fingerprint density at radius 3 is 2.94 bits per heavy atom. The molecule has 1 aliphatic rings. The summed E-state index contributed by atoms with van der Waals surface area (Å²) in [6.45, 7) is 4.91. The van der Waals surface area contributed by atoms with Crippen LogP contribution in [0.15, 0.2) is 12.1 Å². The molecule has 1 aromatic carbocycles. The van der Waals surface area contributed by atoms with E-state index in [9.17, 15) is 0 Å². The van der Waals surface area contributed by atoms with Crippen LogP contribution in [-0.2, 0) is 6.42 Å². The molecule has 2 N–H and O–H groups in total. The number of nitrogens with two attached hydrogens (primary N) is 1. The monoisotopic (exact) mass is 219 g/mol. The van der Waals surface area contributed by atoms with Crippen LogP contribution in [0, 0.1) is 6.92 Å². The van der Waals surface area contributed by atoms with E-state index in [2.05, 4.69) is 19.1 Å². The Hall–Kier alpha value is -1.02. The van der Waals surface area contributed by atoms with Crippen molar-refractivity contribution in [2.24, 2.45) is 5.73 Å². The van der Waals surface area contributed by atoms with Gasteiger partial charge < -0.3 is 10.5 Å². The van der Waals surface area contributed by atoms with E-state index in [1.165, 1.54) is 29.5 Å². The lowest BCUT2D eigenvalue weighted by Gasteiger charge is -2.19. The van der Waals surface area contributed by atoms with Crippen LogP contribution in [-0.4, -0.2) is 6.61 Å². The second kappa shape index (κ2) is 4.88. The smallest absolute Gasteiger partial charge is 0.122 e. The van der Waals surface area contributed by atoms with Gasteiger partial charge in [-0.15, -0.1) is 0 Å². The Kier molecular flexibility index (Phi) is 3.49. The molecule has 0 aromatic heterocycles. The second-order valence-corrected chi connectivity index (χ2v) is 4.56. The fraction of sp³-hybridized carbons (Fsp3) is 0.571. The molecule has 88 valence electrons. The van der Waals surface area contributed by atoms with Crippen LogP contribution in [0.3, 0.4) is 0 Å². The maximum absolute atomic E-state index is 6.26. The minimum absolute atomic E-state index is 0.193. The van der Waals surface area contributed by atoms with Crippen LogP contribution < -0.4 is 10.5 Å². The molecule has 16 heavy (non-hydrogen) atoms. The Bertz CT molecular complexity index is 373. The van der Waals surface area contributed by atoms with Gasteiger partial charge in [0.05, 0.1) is 6.61 Å². The summed E-state index contributed by atoms with van der Waals surface area (Å²) in [5, 5.41) is 0. The summed E-state index contributed by atoms with van der Waals surface area (Å²) in [6.07, 6.45) is 4.66. The van der Waals surface area contributed by atoms with Crippen molar-refractivity contribution in [1.29, 1.82) is 0 Å². The Balaban J connectivity index is 2.48. The van der Waals surface area contributed by atoms with Gasteiger partial charge in [-0.2, -0.15) is 0 Å². The van der Waals surface area contributed by atoms with E-state index in [-0.39, 0.29) is 6.04 Å². The van der Waals surface area contributed by atoms with Gasteiger partial charge >= 0.3 is 0 Å². The fourth-order valence-electron chi connectivity index (χ4n) is 2.64. The molecule has 1 aliphatic carbocycles. The third-order valence-electron chi connectivity index (χ3n) is 3.39. The summed E-state index contributed by atoms with van der Waals surface area (Å²) in [5.41, 5.74) is 10.3. The van der Waals surface area contributed by atoms with Gasteiger partial charge in [0.1, 0.15) is 5.75 Å². The molecule has 2 heteroatoms. The molecule has 2 nitrogen and oxygen atoms in total. The average molecular weight is 219 g/mol. The van der Waals surface area contributed by atoms with Crippen LogP contribution in [0.2, 0.25) is 0 Å². The molecule has 1 aromatic rings. The van der Waals surface area contributed by atoms with E-state index in [1.54, 1.807) is 0 Å². The Morgan fingerprint density at radius 2 is 2.19 bits per heavy atom. The van der Waals surface area contributed by atoms with Gasteiger partial charge in [0.15, 0.2) is 0 Å². The molecule has 0 bridgehead atoms. The van der Waals surface area contributed by atoms with Gasteiger partial charge in [-0.05, 0) is 55.9 Å². The molecular formula is C14H21NO. The minimum atomic E-state index is 0.193. The average Bonchev–Trinajstić information content (AvgIpc) is 2.46. The highest BCUT2D eigenvalue weighted by molar-refractivity contribution is 5.47. The van der Waals surface area contributed by atoms with Gasteiger partial charge in [0.25, 0.3) is 0 Å². The van der Waals surface area contributed by atoms with Crippen molar-refractivity contribution < 1.29 is 4.74 Å². The standard InChI is InChI=1S/C14H21NO/c1-3-16-13-9-8-10(2)14-11(13)6-4-5-7-12(14)15/h8-9,12H,3-7,15H2,1-2H3/t12-/m1/s1. The number of rotatable bonds is 2. The molecule has 2 rings (SSSR count). The lowest BCUT2D eigenvalue weighted by Crippen LogP contribution is -2.13. The maximum atomic E-state index is 6.26. The highest BCUT2D eigenvalue weighted by Gasteiger charge is 2.20. The van der Waals surface area contributed by atoms with Gasteiger partial charge in [-0.1, -0.05) is 12.5 Å². The first kappa shape index (κ1) is 11.5. The quantitative estimate of drug-likeness (QED) is 0.776. The summed E-state index contributed by atoms with van der Waals surface area (Å²) < 4.78 is 5.71. The van der Waals surface area contributed by atoms with Crippen molar-refractivity contribution in [1.82, 2.24) is 0 Å². The molecule has 0 spiro atoms. The number of hydrogen-bond donors (Lipinski definition) is 1. The molecule has 0 saturated heterocycles. The lowest BCUT2D eigenvalue weighted by atomic mass is 9.94. The first-order chi connectivity index (χ1) is 7.74. The fourth-order valence-corrected chi connectivity index (χ4v) is 2.64. The highest BCUT2D eigenvalue weighted by Crippen LogP contribution is 2.35. The number of aryl methyl sites for hydroxylation is 1. The second-order valence-electron chi connectivity index (χ2n) is 4.56. The van der Waals surface area contributed by atoms with Gasteiger partial charge in [-0.3, -0.25) is 0 Å². The summed E-state index contributed by atoms with van der Waals surface area (Å²) >= 11 is 0. The number of hydrogen-bond acceptors (Lipinski definition) is 2. The summed E-state index contributed by atoms with van der Waals surface area (Å²) in [6, 6.07) is 4.42. The summed E-state index contributed by atoms with van der Waals surface area (Å²) in [4.78, 5) is 0. The van der Waals surface area contributed by atoms with Crippen LogP contribution >= 0.6 is 0 Å².